The van der Waals surface area contributed by atoms with Crippen LogP contribution in [-0.4, -0.2) is 16.5 Å². The molecule has 0 saturated heterocycles. The second-order valence-electron chi connectivity index (χ2n) is 4.40. The molecule has 0 saturated carbocycles. The van der Waals surface area contributed by atoms with Gasteiger partial charge in [-0.1, -0.05) is 13.0 Å². The minimum absolute atomic E-state index is 0.250. The Morgan fingerprint density at radius 3 is 2.67 bits per heavy atom. The van der Waals surface area contributed by atoms with E-state index < -0.39 is 0 Å². The van der Waals surface area contributed by atoms with Gasteiger partial charge < -0.3 is 5.32 Å². The van der Waals surface area contributed by atoms with Crippen LogP contribution in [0.4, 0.5) is 0 Å². The maximum atomic E-state index is 4.61. The molecule has 0 aromatic carbocycles. The third-order valence-corrected chi connectivity index (χ3v) is 3.75. The van der Waals surface area contributed by atoms with E-state index in [2.05, 4.69) is 39.7 Å². The van der Waals surface area contributed by atoms with Gasteiger partial charge in [-0.25, -0.2) is 4.98 Å². The van der Waals surface area contributed by atoms with Gasteiger partial charge in [0.1, 0.15) is 0 Å². The van der Waals surface area contributed by atoms with E-state index in [1.54, 1.807) is 11.3 Å². The van der Waals surface area contributed by atoms with Crippen molar-refractivity contribution in [2.45, 2.75) is 33.2 Å². The minimum Gasteiger partial charge on any atom is -0.309 e. The van der Waals surface area contributed by atoms with Crippen molar-refractivity contribution in [3.8, 4) is 0 Å². The largest absolute Gasteiger partial charge is 0.309 e. The van der Waals surface area contributed by atoms with E-state index in [-0.39, 0.29) is 6.04 Å². The summed E-state index contributed by atoms with van der Waals surface area (Å²) in [6.07, 6.45) is 0.906. The molecule has 4 heteroatoms. The third kappa shape index (κ3) is 3.37. The number of likely N-dealkylation sites (N-methyl/N-ethyl adjacent to an activating group) is 1. The Morgan fingerprint density at radius 1 is 1.22 bits per heavy atom. The van der Waals surface area contributed by atoms with Crippen LogP contribution in [0.3, 0.4) is 0 Å². The van der Waals surface area contributed by atoms with Crippen LogP contribution in [0.15, 0.2) is 23.6 Å². The van der Waals surface area contributed by atoms with Gasteiger partial charge in [0, 0.05) is 23.2 Å². The number of hydrogen-bond acceptors (Lipinski definition) is 4. The second kappa shape index (κ2) is 6.07. The van der Waals surface area contributed by atoms with Gasteiger partial charge in [-0.2, -0.15) is 0 Å². The molecule has 1 N–H and O–H groups in total. The van der Waals surface area contributed by atoms with Crippen molar-refractivity contribution < 1.29 is 0 Å². The van der Waals surface area contributed by atoms with Crippen LogP contribution >= 0.6 is 11.3 Å². The Hall–Kier alpha value is -1.26. The normalized spacial score (nSPS) is 12.6. The summed E-state index contributed by atoms with van der Waals surface area (Å²) in [5, 5.41) is 6.76. The van der Waals surface area contributed by atoms with Crippen molar-refractivity contribution in [3.05, 3.63) is 45.7 Å². The molecule has 0 amide bonds. The van der Waals surface area contributed by atoms with Gasteiger partial charge in [-0.15, -0.1) is 11.3 Å². The van der Waals surface area contributed by atoms with Crippen LogP contribution in [0.2, 0.25) is 0 Å². The molecule has 18 heavy (non-hydrogen) atoms. The van der Waals surface area contributed by atoms with E-state index in [0.29, 0.717) is 0 Å². The average molecular weight is 261 g/mol. The molecule has 3 nitrogen and oxygen atoms in total. The van der Waals surface area contributed by atoms with Gasteiger partial charge >= 0.3 is 0 Å². The highest BCUT2D eigenvalue weighted by atomic mass is 32.1. The van der Waals surface area contributed by atoms with Crippen molar-refractivity contribution in [1.82, 2.24) is 15.3 Å². The quantitative estimate of drug-likeness (QED) is 0.899. The van der Waals surface area contributed by atoms with Crippen LogP contribution in [0.1, 0.15) is 35.1 Å². The fourth-order valence-electron chi connectivity index (χ4n) is 1.96. The molecule has 2 rings (SSSR count). The Labute approximate surface area is 112 Å². The summed E-state index contributed by atoms with van der Waals surface area (Å²) in [6, 6.07) is 6.43. The number of aromatic nitrogens is 2. The van der Waals surface area contributed by atoms with Gasteiger partial charge in [0.2, 0.25) is 0 Å². The zero-order valence-electron chi connectivity index (χ0n) is 11.1. The first kappa shape index (κ1) is 13.2. The molecular formula is C14H19N3S. The minimum atomic E-state index is 0.250. The van der Waals surface area contributed by atoms with Crippen molar-refractivity contribution in [1.29, 1.82) is 0 Å². The first-order valence-electron chi connectivity index (χ1n) is 6.27. The molecule has 2 aromatic heterocycles. The van der Waals surface area contributed by atoms with Crippen molar-refractivity contribution in [2.75, 3.05) is 6.54 Å². The molecule has 0 aliphatic rings. The molecule has 0 aliphatic heterocycles. The predicted molar refractivity (Wildman–Crippen MR) is 75.9 cm³/mol. The average Bonchev–Trinajstić information content (AvgIpc) is 2.74. The van der Waals surface area contributed by atoms with E-state index in [9.17, 15) is 0 Å². The van der Waals surface area contributed by atoms with E-state index >= 15 is 0 Å². The number of aryl methyl sites for hydroxylation is 2. The molecule has 1 atom stereocenters. The lowest BCUT2D eigenvalue weighted by molar-refractivity contribution is 0.534. The number of pyridine rings is 1. The molecule has 2 heterocycles. The van der Waals surface area contributed by atoms with Gasteiger partial charge in [0.25, 0.3) is 0 Å². The third-order valence-electron chi connectivity index (χ3n) is 2.76. The SMILES string of the molecule is CCNC(Cc1nc(C)cs1)c1cccc(C)n1. The number of hydrogen-bond donors (Lipinski definition) is 1. The molecule has 0 spiro atoms. The standard InChI is InChI=1S/C14H19N3S/c1-4-15-13(8-14-17-11(3)9-18-14)12-7-5-6-10(2)16-12/h5-7,9,13,15H,4,8H2,1-3H3. The van der Waals surface area contributed by atoms with Crippen LogP contribution in [0.5, 0.6) is 0 Å². The zero-order valence-corrected chi connectivity index (χ0v) is 11.9. The molecule has 2 aromatic rings. The van der Waals surface area contributed by atoms with E-state index in [4.69, 9.17) is 0 Å². The Bertz CT molecular complexity index is 507. The maximum Gasteiger partial charge on any atom is 0.0947 e. The van der Waals surface area contributed by atoms with Gasteiger partial charge in [-0.05, 0) is 32.5 Å². The molecule has 0 fully saturated rings. The van der Waals surface area contributed by atoms with Crippen LogP contribution in [0, 0.1) is 13.8 Å². The summed E-state index contributed by atoms with van der Waals surface area (Å²) in [5.74, 6) is 0. The van der Waals surface area contributed by atoms with Crippen LogP contribution in [0.25, 0.3) is 0 Å². The summed E-state index contributed by atoms with van der Waals surface area (Å²) in [7, 11) is 0. The number of nitrogens with zero attached hydrogens (tertiary/aromatic N) is 2. The molecule has 0 bridgehead atoms. The molecule has 96 valence electrons. The summed E-state index contributed by atoms with van der Waals surface area (Å²) in [6.45, 7) is 7.12. The highest BCUT2D eigenvalue weighted by Gasteiger charge is 2.14. The molecule has 1 unspecified atom stereocenters. The van der Waals surface area contributed by atoms with E-state index in [0.717, 1.165) is 30.0 Å². The topological polar surface area (TPSA) is 37.8 Å². The summed E-state index contributed by atoms with van der Waals surface area (Å²) in [5.41, 5.74) is 3.26. The van der Waals surface area contributed by atoms with Gasteiger partial charge in [0.05, 0.1) is 16.7 Å². The molecule has 0 aliphatic carbocycles. The number of thiazole rings is 1. The smallest absolute Gasteiger partial charge is 0.0947 e. The first-order valence-corrected chi connectivity index (χ1v) is 7.15. The lowest BCUT2D eigenvalue weighted by Crippen LogP contribution is -2.24. The summed E-state index contributed by atoms with van der Waals surface area (Å²) in [4.78, 5) is 9.14. The lowest BCUT2D eigenvalue weighted by Gasteiger charge is -2.16. The van der Waals surface area contributed by atoms with E-state index in [1.165, 1.54) is 5.01 Å². The summed E-state index contributed by atoms with van der Waals surface area (Å²) >= 11 is 1.72. The number of rotatable bonds is 5. The maximum absolute atomic E-state index is 4.61. The lowest BCUT2D eigenvalue weighted by atomic mass is 10.1. The first-order chi connectivity index (χ1) is 8.69. The Kier molecular flexibility index (Phi) is 4.44. The van der Waals surface area contributed by atoms with Gasteiger partial charge in [-0.3, -0.25) is 4.98 Å². The molecule has 0 radical (unpaired) electrons. The highest BCUT2D eigenvalue weighted by Crippen LogP contribution is 2.19. The van der Waals surface area contributed by atoms with Crippen molar-refractivity contribution in [2.24, 2.45) is 0 Å². The molecular weight excluding hydrogens is 242 g/mol. The van der Waals surface area contributed by atoms with Crippen LogP contribution < -0.4 is 5.32 Å². The van der Waals surface area contributed by atoms with Crippen molar-refractivity contribution in [3.63, 3.8) is 0 Å². The predicted octanol–water partition coefficient (Wildman–Crippen LogP) is 3.05. The Morgan fingerprint density at radius 2 is 2.06 bits per heavy atom. The van der Waals surface area contributed by atoms with Gasteiger partial charge in [0.15, 0.2) is 0 Å². The number of nitrogens with one attached hydrogen (secondary N) is 1. The van der Waals surface area contributed by atoms with E-state index in [1.807, 2.05) is 19.9 Å². The fraction of sp³-hybridized carbons (Fsp3) is 0.429. The second-order valence-corrected chi connectivity index (χ2v) is 5.34. The highest BCUT2D eigenvalue weighted by molar-refractivity contribution is 7.09. The summed E-state index contributed by atoms with van der Waals surface area (Å²) < 4.78 is 0. The monoisotopic (exact) mass is 261 g/mol. The fourth-order valence-corrected chi connectivity index (χ4v) is 2.78. The van der Waals surface area contributed by atoms with Crippen LogP contribution in [-0.2, 0) is 6.42 Å². The van der Waals surface area contributed by atoms with Crippen molar-refractivity contribution >= 4 is 11.3 Å². The zero-order chi connectivity index (χ0) is 13.0. The Balaban J connectivity index is 2.17.